The molecular formula is C41H59CaN6O9PS2. The van der Waals surface area contributed by atoms with Gasteiger partial charge in [-0.2, -0.15) is 0 Å². The predicted octanol–water partition coefficient (Wildman–Crippen LogP) is 6.25. The molecule has 0 saturated heterocycles. The summed E-state index contributed by atoms with van der Waals surface area (Å²) < 4.78 is 29.3. The molecule has 326 valence electrons. The van der Waals surface area contributed by atoms with Crippen molar-refractivity contribution in [2.24, 2.45) is 5.92 Å². The fourth-order valence-corrected chi connectivity index (χ4v) is 8.04. The van der Waals surface area contributed by atoms with Crippen LogP contribution in [0.1, 0.15) is 86.5 Å². The fraction of sp³-hybridized carbons (Fsp3) is 0.488. The van der Waals surface area contributed by atoms with Gasteiger partial charge in [-0.1, -0.05) is 102 Å². The van der Waals surface area contributed by atoms with E-state index in [-0.39, 0.29) is 82.0 Å². The summed E-state index contributed by atoms with van der Waals surface area (Å²) in [4.78, 5) is 71.8. The first-order valence-corrected chi connectivity index (χ1v) is 22.9. The molecule has 19 heteroatoms. The topological polar surface area (TPSA) is 202 Å². The van der Waals surface area contributed by atoms with Crippen LogP contribution in [0.4, 0.5) is 9.59 Å². The van der Waals surface area contributed by atoms with E-state index in [0.717, 1.165) is 26.7 Å². The summed E-state index contributed by atoms with van der Waals surface area (Å²) >= 11 is 2.88. The molecule has 60 heavy (non-hydrogen) atoms. The number of alkyl carbamates (subject to hydrolysis) is 1. The number of hydrogen-bond acceptors (Lipinski definition) is 11. The van der Waals surface area contributed by atoms with Gasteiger partial charge in [-0.25, -0.2) is 19.1 Å². The third kappa shape index (κ3) is 18.2. The van der Waals surface area contributed by atoms with Crippen molar-refractivity contribution in [1.82, 2.24) is 30.8 Å². The quantitative estimate of drug-likeness (QED) is 0.0320. The van der Waals surface area contributed by atoms with Crippen molar-refractivity contribution in [1.29, 1.82) is 0 Å². The Morgan fingerprint density at radius 3 is 2.12 bits per heavy atom. The second-order valence-electron chi connectivity index (χ2n) is 15.0. The molecule has 2 aromatic heterocycles. The minimum atomic E-state index is -5.01. The van der Waals surface area contributed by atoms with Crippen LogP contribution in [0.15, 0.2) is 77.8 Å². The first-order chi connectivity index (χ1) is 28.1. The maximum atomic E-state index is 14.3. The molecule has 4 aromatic rings. The van der Waals surface area contributed by atoms with Crippen LogP contribution in [0.25, 0.3) is 0 Å². The van der Waals surface area contributed by atoms with Crippen molar-refractivity contribution in [3.8, 4) is 0 Å². The normalized spacial score (nSPS) is 14.0. The molecule has 0 saturated carbocycles. The van der Waals surface area contributed by atoms with E-state index < -0.39 is 56.4 Å². The number of nitrogens with one attached hydrogen (secondary N) is 3. The Morgan fingerprint density at radius 1 is 0.917 bits per heavy atom. The van der Waals surface area contributed by atoms with Crippen LogP contribution in [0, 0.1) is 5.92 Å². The molecule has 0 aliphatic heterocycles. The molecule has 4 rings (SSSR count). The Hall–Kier alpha value is -2.96. The van der Waals surface area contributed by atoms with Crippen molar-refractivity contribution < 1.29 is 42.7 Å². The van der Waals surface area contributed by atoms with Crippen LogP contribution in [-0.2, 0) is 49.4 Å². The SMILES string of the molecule is CCCC(O[C@@H](C[C@H](Cc1ccccc1)NC(=O)[C@@H](NC(=O)N(C)Cc1csc(C(C)C)n1)C(C)C)[C@H](Cc1ccccc1)NC(=O)OCc1cncs1)OP(=O)(O)O.[CaH2]. The summed E-state index contributed by atoms with van der Waals surface area (Å²) in [5.41, 5.74) is 4.11. The van der Waals surface area contributed by atoms with Crippen molar-refractivity contribution in [3.05, 3.63) is 104 Å². The molecule has 15 nitrogen and oxygen atoms in total. The van der Waals surface area contributed by atoms with Crippen LogP contribution >= 0.6 is 30.5 Å². The number of nitrogens with zero attached hydrogens (tertiary/aromatic N) is 3. The molecule has 2 aromatic carbocycles. The molecule has 0 spiro atoms. The predicted molar refractivity (Wildman–Crippen MR) is 236 cm³/mol. The number of urea groups is 1. The van der Waals surface area contributed by atoms with Crippen LogP contribution in [0.2, 0.25) is 0 Å². The van der Waals surface area contributed by atoms with Gasteiger partial charge in [-0.3, -0.25) is 14.3 Å². The first-order valence-electron chi connectivity index (χ1n) is 19.6. The molecule has 4 amide bonds. The Morgan fingerprint density at radius 2 is 1.57 bits per heavy atom. The number of amides is 4. The summed E-state index contributed by atoms with van der Waals surface area (Å²) in [7, 11) is -3.37. The van der Waals surface area contributed by atoms with Gasteiger partial charge in [0.05, 0.1) is 39.8 Å². The molecule has 1 unspecified atom stereocenters. The summed E-state index contributed by atoms with van der Waals surface area (Å²) in [6.07, 6.45) is -0.306. The maximum absolute atomic E-state index is 14.3. The third-order valence-electron chi connectivity index (χ3n) is 9.21. The number of phosphoric ester groups is 1. The number of aromatic nitrogens is 2. The van der Waals surface area contributed by atoms with Gasteiger partial charge < -0.3 is 40.1 Å². The van der Waals surface area contributed by atoms with E-state index >= 15 is 0 Å². The number of phosphoric acid groups is 1. The van der Waals surface area contributed by atoms with E-state index in [1.165, 1.54) is 16.2 Å². The van der Waals surface area contributed by atoms with Crippen LogP contribution in [-0.4, -0.2) is 118 Å². The number of benzene rings is 2. The Kier molecular flexibility index (Phi) is 22.1. The zero-order chi connectivity index (χ0) is 43.0. The molecule has 0 bridgehead atoms. The summed E-state index contributed by atoms with van der Waals surface area (Å²) in [6.45, 7) is 9.85. The van der Waals surface area contributed by atoms with Gasteiger partial charge in [0.15, 0.2) is 6.29 Å². The summed E-state index contributed by atoms with van der Waals surface area (Å²) in [5, 5.41) is 11.9. The number of thiazole rings is 2. The standard InChI is InChI=1S/C41H57N6O9PS2.Ca.2H/c1-7-14-36(56-57(51,52)53)55-35(34(20-30-17-12-9-13-18-30)45-41(50)54-24-33-22-42-26-59-33)21-31(19-29-15-10-8-11-16-29)43-38(48)37(27(2)3)46-40(49)47(6)23-32-25-58-39(44-32)28(4)5;;;/h8-13,15-18,22,25-28,31,34-37H,7,14,19-21,23-24H2,1-6H3,(H,43,48)(H,45,50)(H,46,49)(H2,51,52,53);;;/t31-,34-,35-,36?,37-;;;/m0.../s1. The average Bonchev–Trinajstić information content (AvgIpc) is 3.89. The third-order valence-corrected chi connectivity index (χ3v) is 11.7. The number of ether oxygens (including phenoxy) is 2. The molecule has 0 aliphatic carbocycles. The summed E-state index contributed by atoms with van der Waals surface area (Å²) in [5.74, 6) is -0.487. The van der Waals surface area contributed by atoms with Gasteiger partial charge in [-0.15, -0.1) is 22.7 Å². The van der Waals surface area contributed by atoms with E-state index in [9.17, 15) is 28.7 Å². The van der Waals surface area contributed by atoms with Gasteiger partial charge in [0.25, 0.3) is 0 Å². The van der Waals surface area contributed by atoms with E-state index in [1.54, 1.807) is 30.1 Å². The van der Waals surface area contributed by atoms with E-state index in [0.29, 0.717) is 12.8 Å². The first kappa shape index (κ1) is 51.4. The van der Waals surface area contributed by atoms with Crippen LogP contribution < -0.4 is 16.0 Å². The van der Waals surface area contributed by atoms with Gasteiger partial charge in [0, 0.05) is 30.6 Å². The molecule has 0 fully saturated rings. The van der Waals surface area contributed by atoms with Crippen molar-refractivity contribution in [2.75, 3.05) is 7.05 Å². The van der Waals surface area contributed by atoms with Crippen LogP contribution in [0.5, 0.6) is 0 Å². The Labute approximate surface area is 390 Å². The van der Waals surface area contributed by atoms with Gasteiger partial charge in [0.1, 0.15) is 12.6 Å². The molecule has 5 atom stereocenters. The van der Waals surface area contributed by atoms with E-state index in [1.807, 2.05) is 86.8 Å². The van der Waals surface area contributed by atoms with Crippen LogP contribution in [0.3, 0.4) is 0 Å². The molecule has 0 radical (unpaired) electrons. The monoisotopic (exact) mass is 914 g/mol. The zero-order valence-corrected chi connectivity index (χ0v) is 36.9. The second kappa shape index (κ2) is 25.8. The number of carbonyl (C=O) groups excluding carboxylic acids is 3. The number of carbonyl (C=O) groups is 3. The van der Waals surface area contributed by atoms with Gasteiger partial charge in [-0.05, 0) is 42.7 Å². The Bertz CT molecular complexity index is 1920. The Balaban J connectivity index is 0.00000961. The summed E-state index contributed by atoms with van der Waals surface area (Å²) in [6, 6.07) is 16.0. The second-order valence-corrected chi connectivity index (χ2v) is 18.0. The fourth-order valence-electron chi connectivity index (χ4n) is 6.25. The molecular weight excluding hydrogens is 856 g/mol. The van der Waals surface area contributed by atoms with E-state index in [4.69, 9.17) is 14.0 Å². The number of hydrogen-bond donors (Lipinski definition) is 5. The van der Waals surface area contributed by atoms with Crippen molar-refractivity contribution in [2.45, 2.75) is 116 Å². The van der Waals surface area contributed by atoms with Gasteiger partial charge in [0.2, 0.25) is 5.91 Å². The molecule has 0 aliphatic rings. The zero-order valence-electron chi connectivity index (χ0n) is 34.4. The van der Waals surface area contributed by atoms with Crippen molar-refractivity contribution in [3.63, 3.8) is 0 Å². The van der Waals surface area contributed by atoms with Gasteiger partial charge >= 0.3 is 57.7 Å². The minimum absolute atomic E-state index is 0. The van der Waals surface area contributed by atoms with Crippen molar-refractivity contribution >= 4 is 86.3 Å². The molecule has 2 heterocycles. The number of rotatable bonds is 23. The average molecular weight is 915 g/mol. The molecule has 5 N–H and O–H groups in total. The van der Waals surface area contributed by atoms with E-state index in [2.05, 4.69) is 39.8 Å².